The van der Waals surface area contributed by atoms with E-state index in [4.69, 9.17) is 4.74 Å². The van der Waals surface area contributed by atoms with E-state index in [0.717, 1.165) is 11.3 Å². The summed E-state index contributed by atoms with van der Waals surface area (Å²) in [6.45, 7) is 1.78. The molecule has 3 rings (SSSR count). The molecule has 0 bridgehead atoms. The maximum absolute atomic E-state index is 12.2. The van der Waals surface area contributed by atoms with Gasteiger partial charge in [-0.05, 0) is 24.6 Å². The highest BCUT2D eigenvalue weighted by atomic mass is 16.5. The fraction of sp³-hybridized carbons (Fsp3) is 0.286. The first-order valence-corrected chi connectivity index (χ1v) is 8.91. The monoisotopic (exact) mass is 366 g/mol. The number of anilines is 1. The zero-order valence-corrected chi connectivity index (χ0v) is 15.1. The SMILES string of the molecule is C[C@@H](NC(=O)COC(=O)[C@@H]1CC(=O)N(c2ccccc2)C1)c1ccccc1. The number of nitrogens with zero attached hydrogens (tertiary/aromatic N) is 1. The van der Waals surface area contributed by atoms with Crippen molar-refractivity contribution in [1.82, 2.24) is 5.32 Å². The van der Waals surface area contributed by atoms with Crippen molar-refractivity contribution in [3.63, 3.8) is 0 Å². The van der Waals surface area contributed by atoms with E-state index in [1.807, 2.05) is 67.6 Å². The first-order chi connectivity index (χ1) is 13.0. The van der Waals surface area contributed by atoms with Crippen molar-refractivity contribution < 1.29 is 19.1 Å². The molecule has 2 atom stereocenters. The van der Waals surface area contributed by atoms with Crippen LogP contribution in [0.4, 0.5) is 5.69 Å². The summed E-state index contributed by atoms with van der Waals surface area (Å²) in [6, 6.07) is 18.5. The number of hydrogen-bond acceptors (Lipinski definition) is 4. The van der Waals surface area contributed by atoms with E-state index in [1.165, 1.54) is 0 Å². The summed E-state index contributed by atoms with van der Waals surface area (Å²) in [5.74, 6) is -1.57. The average molecular weight is 366 g/mol. The molecule has 2 aromatic rings. The summed E-state index contributed by atoms with van der Waals surface area (Å²) in [6.07, 6.45) is 0.0930. The van der Waals surface area contributed by atoms with Crippen LogP contribution < -0.4 is 10.2 Å². The predicted octanol–water partition coefficient (Wildman–Crippen LogP) is 2.46. The first kappa shape index (κ1) is 18.6. The quantitative estimate of drug-likeness (QED) is 0.797. The van der Waals surface area contributed by atoms with E-state index in [0.29, 0.717) is 0 Å². The summed E-state index contributed by atoms with van der Waals surface area (Å²) in [7, 11) is 0. The van der Waals surface area contributed by atoms with Crippen LogP contribution in [0.3, 0.4) is 0 Å². The number of ether oxygens (including phenoxy) is 1. The first-order valence-electron chi connectivity index (χ1n) is 8.91. The van der Waals surface area contributed by atoms with E-state index >= 15 is 0 Å². The van der Waals surface area contributed by atoms with E-state index in [-0.39, 0.29) is 37.4 Å². The second kappa shape index (κ2) is 8.49. The molecule has 6 nitrogen and oxygen atoms in total. The third-order valence-electron chi connectivity index (χ3n) is 4.55. The second-order valence-corrected chi connectivity index (χ2v) is 6.55. The Morgan fingerprint density at radius 3 is 2.41 bits per heavy atom. The van der Waals surface area contributed by atoms with Crippen molar-refractivity contribution in [1.29, 1.82) is 0 Å². The maximum atomic E-state index is 12.2. The minimum absolute atomic E-state index is 0.0930. The highest BCUT2D eigenvalue weighted by molar-refractivity contribution is 5.99. The van der Waals surface area contributed by atoms with Crippen molar-refractivity contribution >= 4 is 23.5 Å². The molecule has 140 valence electrons. The lowest BCUT2D eigenvalue weighted by Gasteiger charge is -2.17. The Morgan fingerprint density at radius 1 is 1.11 bits per heavy atom. The van der Waals surface area contributed by atoms with Crippen molar-refractivity contribution in [3.05, 3.63) is 66.2 Å². The van der Waals surface area contributed by atoms with Gasteiger partial charge in [0.2, 0.25) is 5.91 Å². The summed E-state index contributed by atoms with van der Waals surface area (Å²) in [5.41, 5.74) is 1.73. The van der Waals surface area contributed by atoms with Gasteiger partial charge in [0.05, 0.1) is 12.0 Å². The zero-order valence-electron chi connectivity index (χ0n) is 15.1. The van der Waals surface area contributed by atoms with Gasteiger partial charge in [-0.2, -0.15) is 0 Å². The molecule has 1 heterocycles. The van der Waals surface area contributed by atoms with Gasteiger partial charge in [0.15, 0.2) is 6.61 Å². The normalized spacial score (nSPS) is 17.4. The average Bonchev–Trinajstić information content (AvgIpc) is 3.09. The van der Waals surface area contributed by atoms with Crippen LogP contribution in [0.15, 0.2) is 60.7 Å². The zero-order chi connectivity index (χ0) is 19.2. The fourth-order valence-electron chi connectivity index (χ4n) is 3.09. The van der Waals surface area contributed by atoms with Crippen molar-refractivity contribution in [2.45, 2.75) is 19.4 Å². The number of para-hydroxylation sites is 1. The van der Waals surface area contributed by atoms with Crippen LogP contribution in [-0.4, -0.2) is 30.9 Å². The molecule has 0 unspecified atom stereocenters. The molecule has 2 amide bonds. The predicted molar refractivity (Wildman–Crippen MR) is 101 cm³/mol. The van der Waals surface area contributed by atoms with E-state index < -0.39 is 11.9 Å². The summed E-state index contributed by atoms with van der Waals surface area (Å²) < 4.78 is 5.13. The van der Waals surface area contributed by atoms with Crippen molar-refractivity contribution in [3.8, 4) is 0 Å². The molecule has 2 aromatic carbocycles. The lowest BCUT2D eigenvalue weighted by Crippen LogP contribution is -2.32. The van der Waals surface area contributed by atoms with Crippen LogP contribution in [0.5, 0.6) is 0 Å². The van der Waals surface area contributed by atoms with Crippen molar-refractivity contribution in [2.24, 2.45) is 5.92 Å². The number of carbonyl (C=O) groups is 3. The van der Waals surface area contributed by atoms with Gasteiger partial charge in [-0.1, -0.05) is 48.5 Å². The molecule has 0 aromatic heterocycles. The third-order valence-corrected chi connectivity index (χ3v) is 4.55. The minimum Gasteiger partial charge on any atom is -0.455 e. The molecule has 1 aliphatic rings. The minimum atomic E-state index is -0.558. The van der Waals surface area contributed by atoms with Gasteiger partial charge in [0.1, 0.15) is 0 Å². The van der Waals surface area contributed by atoms with Crippen LogP contribution in [0.2, 0.25) is 0 Å². The molecule has 0 radical (unpaired) electrons. The topological polar surface area (TPSA) is 75.7 Å². The van der Waals surface area contributed by atoms with Crippen LogP contribution in [0.1, 0.15) is 24.9 Å². The van der Waals surface area contributed by atoms with Gasteiger partial charge >= 0.3 is 5.97 Å². The van der Waals surface area contributed by atoms with E-state index in [2.05, 4.69) is 5.32 Å². The molecule has 1 N–H and O–H groups in total. The van der Waals surface area contributed by atoms with Crippen LogP contribution >= 0.6 is 0 Å². The molecule has 0 spiro atoms. The summed E-state index contributed by atoms with van der Waals surface area (Å²) >= 11 is 0. The van der Waals surface area contributed by atoms with Gasteiger partial charge in [0.25, 0.3) is 5.91 Å². The van der Waals surface area contributed by atoms with Crippen molar-refractivity contribution in [2.75, 3.05) is 18.1 Å². The molecule has 1 fully saturated rings. The van der Waals surface area contributed by atoms with Gasteiger partial charge in [-0.3, -0.25) is 14.4 Å². The smallest absolute Gasteiger partial charge is 0.311 e. The summed E-state index contributed by atoms with van der Waals surface area (Å²) in [4.78, 5) is 38.0. The Balaban J connectivity index is 1.48. The highest BCUT2D eigenvalue weighted by Crippen LogP contribution is 2.25. The number of benzene rings is 2. The van der Waals surface area contributed by atoms with E-state index in [1.54, 1.807) is 4.90 Å². The van der Waals surface area contributed by atoms with Crippen LogP contribution in [0, 0.1) is 5.92 Å². The Kier molecular flexibility index (Phi) is 5.86. The largest absolute Gasteiger partial charge is 0.455 e. The molecule has 0 saturated carbocycles. The van der Waals surface area contributed by atoms with Gasteiger partial charge in [-0.15, -0.1) is 0 Å². The number of hydrogen-bond donors (Lipinski definition) is 1. The Labute approximate surface area is 158 Å². The molecule has 6 heteroatoms. The lowest BCUT2D eigenvalue weighted by molar-refractivity contribution is -0.152. The van der Waals surface area contributed by atoms with Gasteiger partial charge < -0.3 is 15.0 Å². The Bertz CT molecular complexity index is 807. The number of rotatable bonds is 6. The Morgan fingerprint density at radius 2 is 1.74 bits per heavy atom. The van der Waals surface area contributed by atoms with E-state index in [9.17, 15) is 14.4 Å². The highest BCUT2D eigenvalue weighted by Gasteiger charge is 2.36. The number of nitrogens with one attached hydrogen (secondary N) is 1. The molecule has 27 heavy (non-hydrogen) atoms. The third kappa shape index (κ3) is 4.73. The van der Waals surface area contributed by atoms with Crippen LogP contribution in [-0.2, 0) is 19.1 Å². The molecular weight excluding hydrogens is 344 g/mol. The molecular formula is C21H22N2O4. The number of amides is 2. The molecule has 1 saturated heterocycles. The fourth-order valence-corrected chi connectivity index (χ4v) is 3.09. The van der Waals surface area contributed by atoms with Gasteiger partial charge in [-0.25, -0.2) is 0 Å². The van der Waals surface area contributed by atoms with Gasteiger partial charge in [0, 0.05) is 18.7 Å². The number of esters is 1. The molecule has 0 aliphatic carbocycles. The maximum Gasteiger partial charge on any atom is 0.311 e. The summed E-state index contributed by atoms with van der Waals surface area (Å²) in [5, 5.41) is 2.79. The second-order valence-electron chi connectivity index (χ2n) is 6.55. The lowest BCUT2D eigenvalue weighted by atomic mass is 10.1. The standard InChI is InChI=1S/C21H22N2O4/c1-15(16-8-4-2-5-9-16)22-19(24)14-27-21(26)17-12-20(25)23(13-17)18-10-6-3-7-11-18/h2-11,15,17H,12-14H2,1H3,(H,22,24)/t15-,17-/m1/s1. The van der Waals surface area contributed by atoms with Crippen LogP contribution in [0.25, 0.3) is 0 Å². The number of carbonyl (C=O) groups excluding carboxylic acids is 3. The molecule has 1 aliphatic heterocycles. The Hall–Kier alpha value is -3.15.